The Kier molecular flexibility index (Phi) is 5.57. The summed E-state index contributed by atoms with van der Waals surface area (Å²) in [7, 11) is -2.04. The van der Waals surface area contributed by atoms with Crippen molar-refractivity contribution in [3.05, 3.63) is 58.3 Å². The molecule has 8 nitrogen and oxygen atoms in total. The third-order valence-electron chi connectivity index (χ3n) is 9.80. The first-order valence-corrected chi connectivity index (χ1v) is 15.7. The Balaban J connectivity index is 1.35. The number of benzene rings is 1. The van der Waals surface area contributed by atoms with Crippen LogP contribution < -0.4 is 9.46 Å². The first-order valence-electron chi connectivity index (χ1n) is 14.1. The third-order valence-corrected chi connectivity index (χ3v) is 11.6. The van der Waals surface area contributed by atoms with E-state index in [0.29, 0.717) is 43.7 Å². The molecule has 2 N–H and O–H groups in total. The maximum Gasteiger partial charge on any atom is 0.312 e. The second-order valence-corrected chi connectivity index (χ2v) is 14.0. The van der Waals surface area contributed by atoms with E-state index in [1.807, 2.05) is 24.3 Å². The molecule has 6 aliphatic rings. The molecule has 0 radical (unpaired) electrons. The molecule has 206 valence electrons. The Morgan fingerprint density at radius 3 is 2.59 bits per heavy atom. The van der Waals surface area contributed by atoms with E-state index < -0.39 is 32.6 Å². The molecule has 0 spiro atoms. The second kappa shape index (κ2) is 8.71. The van der Waals surface area contributed by atoms with Gasteiger partial charge in [-0.1, -0.05) is 25.3 Å². The van der Waals surface area contributed by atoms with Gasteiger partial charge >= 0.3 is 5.97 Å². The molecule has 39 heavy (non-hydrogen) atoms. The van der Waals surface area contributed by atoms with Gasteiger partial charge in [-0.05, 0) is 79.9 Å². The van der Waals surface area contributed by atoms with Crippen LogP contribution in [0.25, 0.3) is 5.70 Å². The van der Waals surface area contributed by atoms with Crippen LogP contribution in [0.1, 0.15) is 74.8 Å². The van der Waals surface area contributed by atoms with E-state index in [1.54, 1.807) is 7.11 Å². The lowest BCUT2D eigenvalue weighted by Gasteiger charge is -2.30. The highest BCUT2D eigenvalue weighted by atomic mass is 32.2. The Bertz CT molecular complexity index is 1480. The number of hydrogen-bond acceptors (Lipinski definition) is 6. The molecule has 1 aromatic carbocycles. The SMILES string of the molecule is COc1ccc2c(c1)C1CC1(C(=O)O)CN1C3=CC(C(=O)NS(=O)(=O)C4CC4)=CCC3C(C3CCCCC3)=C21. The monoisotopic (exact) mass is 550 g/mol. The maximum absolute atomic E-state index is 13.1. The Labute approximate surface area is 228 Å². The summed E-state index contributed by atoms with van der Waals surface area (Å²) in [6, 6.07) is 6.04. The number of rotatable bonds is 6. The van der Waals surface area contributed by atoms with E-state index >= 15 is 0 Å². The van der Waals surface area contributed by atoms with Gasteiger partial charge in [0.25, 0.3) is 5.91 Å². The van der Waals surface area contributed by atoms with Crippen molar-refractivity contribution in [2.45, 2.75) is 69.0 Å². The van der Waals surface area contributed by atoms with E-state index in [-0.39, 0.29) is 11.8 Å². The molecule has 3 saturated carbocycles. The molecule has 3 unspecified atom stereocenters. The maximum atomic E-state index is 13.1. The summed E-state index contributed by atoms with van der Waals surface area (Å²) in [4.78, 5) is 28.0. The topological polar surface area (TPSA) is 113 Å². The van der Waals surface area contributed by atoms with Crippen LogP contribution in [0.5, 0.6) is 5.75 Å². The number of carbonyl (C=O) groups is 2. The van der Waals surface area contributed by atoms with Crippen LogP contribution in [0.4, 0.5) is 0 Å². The minimum absolute atomic E-state index is 0.0517. The Hall–Kier alpha value is -3.07. The van der Waals surface area contributed by atoms with Gasteiger partial charge in [-0.15, -0.1) is 0 Å². The number of carboxylic acid groups (broad SMARTS) is 1. The van der Waals surface area contributed by atoms with Crippen molar-refractivity contribution in [1.29, 1.82) is 0 Å². The number of carboxylic acids is 1. The number of amides is 1. The molecule has 2 heterocycles. The summed E-state index contributed by atoms with van der Waals surface area (Å²) in [5.74, 6) is -0.328. The van der Waals surface area contributed by atoms with Crippen LogP contribution >= 0.6 is 0 Å². The fourth-order valence-electron chi connectivity index (χ4n) is 7.50. The number of allylic oxidation sites excluding steroid dienone is 2. The lowest BCUT2D eigenvalue weighted by molar-refractivity contribution is -0.143. The molecule has 4 aliphatic carbocycles. The van der Waals surface area contributed by atoms with E-state index in [4.69, 9.17) is 4.74 Å². The predicted molar refractivity (Wildman–Crippen MR) is 145 cm³/mol. The van der Waals surface area contributed by atoms with Gasteiger partial charge in [-0.25, -0.2) is 13.1 Å². The van der Waals surface area contributed by atoms with E-state index in [0.717, 1.165) is 41.1 Å². The van der Waals surface area contributed by atoms with Gasteiger partial charge in [0.15, 0.2) is 0 Å². The number of aliphatic carboxylic acids is 1. The van der Waals surface area contributed by atoms with Crippen molar-refractivity contribution in [3.8, 4) is 5.75 Å². The fourth-order valence-corrected chi connectivity index (χ4v) is 8.80. The zero-order chi connectivity index (χ0) is 27.1. The standard InChI is InChI=1S/C30H34N2O6S/c1-38-19-8-12-21-23(14-19)24-15-30(24,29(34)35)16-32-25-13-18(28(33)31-39(36,37)20-9-10-20)7-11-22(25)26(27(21)32)17-5-3-2-4-6-17/h7-8,12-14,17,20,22,24H,2-6,9-11,15-16H2,1H3,(H,31,33)(H,34,35). The first kappa shape index (κ1) is 24.9. The summed E-state index contributed by atoms with van der Waals surface area (Å²) in [6.07, 6.45) is 11.8. The number of nitrogens with zero attached hydrogens (tertiary/aromatic N) is 1. The summed E-state index contributed by atoms with van der Waals surface area (Å²) in [5.41, 5.74) is 4.92. The van der Waals surface area contributed by atoms with Gasteiger partial charge < -0.3 is 14.7 Å². The Morgan fingerprint density at radius 2 is 1.90 bits per heavy atom. The number of hydrogen-bond donors (Lipinski definition) is 2. The minimum Gasteiger partial charge on any atom is -0.497 e. The zero-order valence-electron chi connectivity index (χ0n) is 22.1. The van der Waals surface area contributed by atoms with Crippen LogP contribution in [0.3, 0.4) is 0 Å². The number of ether oxygens (including phenoxy) is 1. The van der Waals surface area contributed by atoms with Crippen LogP contribution in [0.2, 0.25) is 0 Å². The molecule has 0 saturated heterocycles. The molecular weight excluding hydrogens is 516 g/mol. The second-order valence-electron chi connectivity index (χ2n) is 12.1. The van der Waals surface area contributed by atoms with Crippen molar-refractivity contribution < 1.29 is 27.9 Å². The lowest BCUT2D eigenvalue weighted by Crippen LogP contribution is -2.35. The summed E-state index contributed by atoms with van der Waals surface area (Å²) in [6.45, 7) is 0.340. The van der Waals surface area contributed by atoms with Crippen LogP contribution in [-0.2, 0) is 19.6 Å². The van der Waals surface area contributed by atoms with Crippen LogP contribution in [0.15, 0.2) is 47.2 Å². The number of carbonyl (C=O) groups excluding carboxylic acids is 1. The molecule has 2 aliphatic heterocycles. The highest BCUT2D eigenvalue weighted by molar-refractivity contribution is 7.91. The molecule has 9 heteroatoms. The van der Waals surface area contributed by atoms with Crippen molar-refractivity contribution in [2.24, 2.45) is 17.3 Å². The average molecular weight is 551 g/mol. The highest BCUT2D eigenvalue weighted by Gasteiger charge is 2.65. The molecule has 1 amide bonds. The third kappa shape index (κ3) is 3.87. The number of nitrogens with one attached hydrogen (secondary N) is 1. The van der Waals surface area contributed by atoms with Gasteiger partial charge in [0.05, 0.1) is 17.8 Å². The van der Waals surface area contributed by atoms with Crippen LogP contribution in [0, 0.1) is 17.3 Å². The van der Waals surface area contributed by atoms with Crippen LogP contribution in [-0.4, -0.2) is 49.2 Å². The summed E-state index contributed by atoms with van der Waals surface area (Å²) < 4.78 is 32.8. The molecule has 1 aromatic rings. The number of sulfonamides is 1. The van der Waals surface area contributed by atoms with Crippen molar-refractivity contribution in [3.63, 3.8) is 0 Å². The van der Waals surface area contributed by atoms with Crippen molar-refractivity contribution in [2.75, 3.05) is 13.7 Å². The smallest absolute Gasteiger partial charge is 0.312 e. The van der Waals surface area contributed by atoms with E-state index in [9.17, 15) is 23.1 Å². The van der Waals surface area contributed by atoms with Crippen molar-refractivity contribution >= 4 is 27.6 Å². The fraction of sp³-hybridized carbons (Fsp3) is 0.533. The molecule has 3 fully saturated rings. The zero-order valence-corrected chi connectivity index (χ0v) is 22.9. The molecular formula is C30H34N2O6S. The van der Waals surface area contributed by atoms with Crippen molar-refractivity contribution in [1.82, 2.24) is 9.62 Å². The van der Waals surface area contributed by atoms with Gasteiger partial charge in [-0.2, -0.15) is 0 Å². The lowest BCUT2D eigenvalue weighted by atomic mass is 9.75. The quantitative estimate of drug-likeness (QED) is 0.543. The average Bonchev–Trinajstić information content (AvgIpc) is 3.84. The summed E-state index contributed by atoms with van der Waals surface area (Å²) in [5, 5.41) is 9.96. The molecule has 0 aromatic heterocycles. The molecule has 7 rings (SSSR count). The van der Waals surface area contributed by atoms with E-state index in [1.165, 1.54) is 24.8 Å². The highest BCUT2D eigenvalue weighted by Crippen LogP contribution is 2.66. The predicted octanol–water partition coefficient (Wildman–Crippen LogP) is 4.31. The van der Waals surface area contributed by atoms with Gasteiger partial charge in [0.1, 0.15) is 5.75 Å². The van der Waals surface area contributed by atoms with E-state index in [2.05, 4.69) is 15.7 Å². The Morgan fingerprint density at radius 1 is 1.13 bits per heavy atom. The van der Waals surface area contributed by atoms with Gasteiger partial charge in [0, 0.05) is 40.9 Å². The first-order chi connectivity index (χ1) is 18.7. The molecule has 0 bridgehead atoms. The minimum atomic E-state index is -3.67. The van der Waals surface area contributed by atoms with Gasteiger partial charge in [0.2, 0.25) is 10.0 Å². The number of fused-ring (bicyclic) bond motifs is 7. The largest absolute Gasteiger partial charge is 0.497 e. The molecule has 3 atom stereocenters. The normalized spacial score (nSPS) is 29.7. The number of methoxy groups -OCH3 is 1. The van der Waals surface area contributed by atoms with Gasteiger partial charge in [-0.3, -0.25) is 9.59 Å². The summed E-state index contributed by atoms with van der Waals surface area (Å²) >= 11 is 0.